The first-order valence-corrected chi connectivity index (χ1v) is 5.10. The van der Waals surface area contributed by atoms with Crippen LogP contribution < -0.4 is 4.74 Å². The van der Waals surface area contributed by atoms with Gasteiger partial charge >= 0.3 is 0 Å². The standard InChI is InChI=1S/C9H10BrF2NO/c1-5-7(3-10)13-4-6(9(11)12)8(5)14-2/h4,9H,3H2,1-2H3. The molecule has 0 unspecified atom stereocenters. The number of methoxy groups -OCH3 is 1. The molecule has 1 heterocycles. The highest BCUT2D eigenvalue weighted by Gasteiger charge is 2.18. The highest BCUT2D eigenvalue weighted by atomic mass is 79.9. The summed E-state index contributed by atoms with van der Waals surface area (Å²) in [5, 5.41) is 0.526. The molecule has 0 amide bonds. The predicted molar refractivity (Wildman–Crippen MR) is 53.1 cm³/mol. The van der Waals surface area contributed by atoms with E-state index in [0.717, 1.165) is 6.20 Å². The first kappa shape index (κ1) is 11.4. The number of alkyl halides is 3. The van der Waals surface area contributed by atoms with Crippen molar-refractivity contribution < 1.29 is 13.5 Å². The summed E-state index contributed by atoms with van der Waals surface area (Å²) in [6.07, 6.45) is -1.40. The Balaban J connectivity index is 3.28. The molecule has 0 aliphatic rings. The van der Waals surface area contributed by atoms with Crippen molar-refractivity contribution in [3.63, 3.8) is 0 Å². The highest BCUT2D eigenvalue weighted by Crippen LogP contribution is 2.32. The Morgan fingerprint density at radius 1 is 1.57 bits per heavy atom. The monoisotopic (exact) mass is 265 g/mol. The molecule has 0 saturated heterocycles. The number of nitrogens with zero attached hydrogens (tertiary/aromatic N) is 1. The van der Waals surface area contributed by atoms with Crippen molar-refractivity contribution in [2.75, 3.05) is 7.11 Å². The second kappa shape index (κ2) is 4.68. The van der Waals surface area contributed by atoms with Gasteiger partial charge in [-0.15, -0.1) is 0 Å². The lowest BCUT2D eigenvalue weighted by molar-refractivity contribution is 0.146. The fourth-order valence-corrected chi connectivity index (χ4v) is 1.78. The molecule has 78 valence electrons. The molecule has 1 rings (SSSR count). The average molecular weight is 266 g/mol. The third-order valence-corrected chi connectivity index (χ3v) is 2.49. The summed E-state index contributed by atoms with van der Waals surface area (Å²) in [4.78, 5) is 3.92. The first-order chi connectivity index (χ1) is 6.61. The number of pyridine rings is 1. The van der Waals surface area contributed by atoms with Gasteiger partial charge in [0, 0.05) is 17.1 Å². The number of hydrogen-bond acceptors (Lipinski definition) is 2. The van der Waals surface area contributed by atoms with Crippen LogP contribution in [0.1, 0.15) is 23.2 Å². The third kappa shape index (κ3) is 2.03. The number of aromatic nitrogens is 1. The van der Waals surface area contributed by atoms with Crippen LogP contribution in [0, 0.1) is 6.92 Å². The molecule has 0 atom stereocenters. The van der Waals surface area contributed by atoms with Gasteiger partial charge in [0.15, 0.2) is 0 Å². The lowest BCUT2D eigenvalue weighted by Gasteiger charge is -2.12. The topological polar surface area (TPSA) is 22.1 Å². The lowest BCUT2D eigenvalue weighted by Crippen LogP contribution is -2.00. The van der Waals surface area contributed by atoms with Gasteiger partial charge in [0.2, 0.25) is 0 Å². The number of ether oxygens (including phenoxy) is 1. The minimum atomic E-state index is -2.56. The van der Waals surface area contributed by atoms with E-state index in [-0.39, 0.29) is 11.3 Å². The third-order valence-electron chi connectivity index (χ3n) is 1.96. The summed E-state index contributed by atoms with van der Waals surface area (Å²) in [7, 11) is 1.38. The molecule has 1 aromatic heterocycles. The molecule has 5 heteroatoms. The SMILES string of the molecule is COc1c(C(F)F)cnc(CBr)c1C. The fourth-order valence-electron chi connectivity index (χ4n) is 1.21. The molecular weight excluding hydrogens is 256 g/mol. The summed E-state index contributed by atoms with van der Waals surface area (Å²) >= 11 is 3.23. The zero-order valence-corrected chi connectivity index (χ0v) is 9.44. The number of halogens is 3. The van der Waals surface area contributed by atoms with Crippen molar-refractivity contribution in [2.24, 2.45) is 0 Å². The smallest absolute Gasteiger partial charge is 0.268 e. The van der Waals surface area contributed by atoms with Crippen LogP contribution in [-0.2, 0) is 5.33 Å². The van der Waals surface area contributed by atoms with Crippen LogP contribution in [0.25, 0.3) is 0 Å². The minimum absolute atomic E-state index is 0.158. The van der Waals surface area contributed by atoms with Crippen LogP contribution in [0.15, 0.2) is 6.20 Å². The van der Waals surface area contributed by atoms with Crippen LogP contribution in [0.5, 0.6) is 5.75 Å². The van der Waals surface area contributed by atoms with Crippen molar-refractivity contribution in [1.82, 2.24) is 4.98 Å². The Kier molecular flexibility index (Phi) is 3.80. The molecule has 0 aliphatic heterocycles. The normalized spacial score (nSPS) is 10.7. The fraction of sp³-hybridized carbons (Fsp3) is 0.444. The summed E-state index contributed by atoms with van der Waals surface area (Å²) in [6.45, 7) is 1.72. The molecule has 2 nitrogen and oxygen atoms in total. The van der Waals surface area contributed by atoms with Gasteiger partial charge in [-0.1, -0.05) is 15.9 Å². The molecule has 1 aromatic rings. The molecule has 0 bridgehead atoms. The lowest BCUT2D eigenvalue weighted by atomic mass is 10.1. The van der Waals surface area contributed by atoms with E-state index >= 15 is 0 Å². The van der Waals surface area contributed by atoms with E-state index in [1.54, 1.807) is 6.92 Å². The van der Waals surface area contributed by atoms with Gasteiger partial charge in [-0.25, -0.2) is 8.78 Å². The van der Waals surface area contributed by atoms with E-state index in [1.807, 2.05) is 0 Å². The maximum atomic E-state index is 12.5. The van der Waals surface area contributed by atoms with Crippen LogP contribution in [0.4, 0.5) is 8.78 Å². The van der Waals surface area contributed by atoms with Crippen LogP contribution in [0.2, 0.25) is 0 Å². The van der Waals surface area contributed by atoms with E-state index in [4.69, 9.17) is 4.74 Å². The van der Waals surface area contributed by atoms with Crippen molar-refractivity contribution >= 4 is 15.9 Å². The van der Waals surface area contributed by atoms with Gasteiger partial charge < -0.3 is 4.74 Å². The van der Waals surface area contributed by atoms with E-state index in [0.29, 0.717) is 16.6 Å². The van der Waals surface area contributed by atoms with Crippen LogP contribution in [0.3, 0.4) is 0 Å². The second-order valence-electron chi connectivity index (χ2n) is 2.75. The molecule has 0 fully saturated rings. The zero-order chi connectivity index (χ0) is 10.7. The molecule has 14 heavy (non-hydrogen) atoms. The van der Waals surface area contributed by atoms with Crippen molar-refractivity contribution in [3.05, 3.63) is 23.0 Å². The Morgan fingerprint density at radius 2 is 2.21 bits per heavy atom. The number of rotatable bonds is 3. The summed E-state index contributed by atoms with van der Waals surface area (Å²) < 4.78 is 29.9. The molecule has 0 spiro atoms. The van der Waals surface area contributed by atoms with Gasteiger partial charge in [-0.2, -0.15) is 0 Å². The van der Waals surface area contributed by atoms with E-state index < -0.39 is 6.43 Å². The average Bonchev–Trinajstić information content (AvgIpc) is 2.17. The quantitative estimate of drug-likeness (QED) is 0.783. The first-order valence-electron chi connectivity index (χ1n) is 3.98. The highest BCUT2D eigenvalue weighted by molar-refractivity contribution is 9.08. The molecule has 0 saturated carbocycles. The molecular formula is C9H10BrF2NO. The Morgan fingerprint density at radius 3 is 2.64 bits per heavy atom. The van der Waals surface area contributed by atoms with E-state index in [9.17, 15) is 8.78 Å². The van der Waals surface area contributed by atoms with Gasteiger partial charge in [0.25, 0.3) is 6.43 Å². The van der Waals surface area contributed by atoms with E-state index in [1.165, 1.54) is 7.11 Å². The molecule has 0 aromatic carbocycles. The largest absolute Gasteiger partial charge is 0.496 e. The van der Waals surface area contributed by atoms with E-state index in [2.05, 4.69) is 20.9 Å². The maximum Gasteiger partial charge on any atom is 0.268 e. The van der Waals surface area contributed by atoms with Gasteiger partial charge in [0.05, 0.1) is 18.4 Å². The zero-order valence-electron chi connectivity index (χ0n) is 7.85. The van der Waals surface area contributed by atoms with Gasteiger partial charge in [-0.05, 0) is 6.92 Å². The predicted octanol–water partition coefficient (Wildman–Crippen LogP) is 3.23. The van der Waals surface area contributed by atoms with Crippen LogP contribution in [-0.4, -0.2) is 12.1 Å². The van der Waals surface area contributed by atoms with Crippen molar-refractivity contribution in [1.29, 1.82) is 0 Å². The van der Waals surface area contributed by atoms with Crippen LogP contribution >= 0.6 is 15.9 Å². The summed E-state index contributed by atoms with van der Waals surface area (Å²) in [5.74, 6) is 0.226. The minimum Gasteiger partial charge on any atom is -0.496 e. The maximum absolute atomic E-state index is 12.5. The second-order valence-corrected chi connectivity index (χ2v) is 3.31. The van der Waals surface area contributed by atoms with Crippen molar-refractivity contribution in [2.45, 2.75) is 18.7 Å². The molecule has 0 radical (unpaired) electrons. The van der Waals surface area contributed by atoms with Gasteiger partial charge in [-0.3, -0.25) is 4.98 Å². The molecule has 0 N–H and O–H groups in total. The van der Waals surface area contributed by atoms with Gasteiger partial charge in [0.1, 0.15) is 5.75 Å². The summed E-state index contributed by atoms with van der Waals surface area (Å²) in [6, 6.07) is 0. The Hall–Kier alpha value is -0.710. The Labute approximate surface area is 89.4 Å². The van der Waals surface area contributed by atoms with Crippen molar-refractivity contribution in [3.8, 4) is 5.75 Å². The Bertz CT molecular complexity index is 331. The number of hydrogen-bond donors (Lipinski definition) is 0. The molecule has 0 aliphatic carbocycles. The summed E-state index contributed by atoms with van der Waals surface area (Å²) in [5.41, 5.74) is 1.21.